The summed E-state index contributed by atoms with van der Waals surface area (Å²) >= 11 is 0. The van der Waals surface area contributed by atoms with E-state index in [0.29, 0.717) is 11.8 Å². The smallest absolute Gasteiger partial charge is 0.126 e. The van der Waals surface area contributed by atoms with Crippen LogP contribution in [0, 0.1) is 11.7 Å². The van der Waals surface area contributed by atoms with Crippen LogP contribution in [0.15, 0.2) is 18.2 Å². The largest absolute Gasteiger partial charge is 0.207 e. The molecular formula is C23H35F. The molecular weight excluding hydrogens is 295 g/mol. The van der Waals surface area contributed by atoms with Crippen LogP contribution < -0.4 is 0 Å². The van der Waals surface area contributed by atoms with E-state index in [0.717, 1.165) is 11.5 Å². The van der Waals surface area contributed by atoms with Crippen LogP contribution in [0.4, 0.5) is 4.39 Å². The minimum absolute atomic E-state index is 0.0736. The summed E-state index contributed by atoms with van der Waals surface area (Å²) in [5.74, 6) is 2.10. The van der Waals surface area contributed by atoms with Gasteiger partial charge in [-0.1, -0.05) is 64.0 Å². The summed E-state index contributed by atoms with van der Waals surface area (Å²) in [5.41, 5.74) is 2.47. The summed E-state index contributed by atoms with van der Waals surface area (Å²) < 4.78 is 14.7. The van der Waals surface area contributed by atoms with Gasteiger partial charge in [0, 0.05) is 0 Å². The third-order valence-electron chi connectivity index (χ3n) is 6.60. The van der Waals surface area contributed by atoms with Gasteiger partial charge in [-0.3, -0.25) is 0 Å². The Bertz CT molecular complexity index is 493. The Morgan fingerprint density at radius 1 is 0.875 bits per heavy atom. The van der Waals surface area contributed by atoms with Gasteiger partial charge in [0.15, 0.2) is 0 Å². The van der Waals surface area contributed by atoms with E-state index in [4.69, 9.17) is 0 Å². The molecule has 0 atom stereocenters. The fraction of sp³-hybridized carbons (Fsp3) is 0.739. The normalized spacial score (nSPS) is 25.8. The number of halogens is 1. The molecule has 1 heteroatoms. The maximum Gasteiger partial charge on any atom is 0.126 e. The Hall–Kier alpha value is -0.850. The molecule has 3 rings (SSSR count). The van der Waals surface area contributed by atoms with Crippen LogP contribution in [0.2, 0.25) is 0 Å². The number of hydrogen-bond acceptors (Lipinski definition) is 0. The lowest BCUT2D eigenvalue weighted by atomic mass is 9.73. The van der Waals surface area contributed by atoms with Crippen LogP contribution in [0.25, 0.3) is 0 Å². The number of unbranched alkanes of at least 4 members (excludes halogenated alkanes) is 2. The van der Waals surface area contributed by atoms with Crippen molar-refractivity contribution in [1.82, 2.24) is 0 Å². The predicted molar refractivity (Wildman–Crippen MR) is 101 cm³/mol. The van der Waals surface area contributed by atoms with Crippen molar-refractivity contribution in [3.63, 3.8) is 0 Å². The zero-order valence-corrected chi connectivity index (χ0v) is 15.5. The van der Waals surface area contributed by atoms with Gasteiger partial charge in [0.2, 0.25) is 0 Å². The highest BCUT2D eigenvalue weighted by Gasteiger charge is 2.28. The molecule has 0 amide bonds. The molecule has 0 heterocycles. The minimum atomic E-state index is 0.0736. The maximum atomic E-state index is 14.7. The van der Waals surface area contributed by atoms with Crippen LogP contribution in [-0.2, 0) is 0 Å². The topological polar surface area (TPSA) is 0 Å². The summed E-state index contributed by atoms with van der Waals surface area (Å²) in [6, 6.07) is 5.89. The highest BCUT2D eigenvalue weighted by molar-refractivity contribution is 5.35. The van der Waals surface area contributed by atoms with Crippen molar-refractivity contribution in [3.05, 3.63) is 35.1 Å². The average Bonchev–Trinajstić information content (AvgIpc) is 2.63. The van der Waals surface area contributed by atoms with Crippen molar-refractivity contribution in [1.29, 1.82) is 0 Å². The van der Waals surface area contributed by atoms with Crippen molar-refractivity contribution >= 4 is 0 Å². The van der Waals surface area contributed by atoms with Gasteiger partial charge < -0.3 is 0 Å². The fourth-order valence-corrected chi connectivity index (χ4v) is 5.18. The maximum absolute atomic E-state index is 14.7. The standard InChI is InChI=1S/C23H35F/c1-2-3-5-9-18-14-16-19(17-15-18)21-12-8-13-22(24)23(21)20-10-6-4-7-11-20/h8,12-13,18-20H,2-7,9-11,14-17H2,1H3/t18-,19-. The van der Waals surface area contributed by atoms with Crippen molar-refractivity contribution in [2.45, 2.75) is 102 Å². The number of benzene rings is 1. The third-order valence-corrected chi connectivity index (χ3v) is 6.60. The molecule has 24 heavy (non-hydrogen) atoms. The van der Waals surface area contributed by atoms with Gasteiger partial charge in [-0.2, -0.15) is 0 Å². The van der Waals surface area contributed by atoms with E-state index in [9.17, 15) is 4.39 Å². The van der Waals surface area contributed by atoms with E-state index in [-0.39, 0.29) is 5.82 Å². The van der Waals surface area contributed by atoms with Gasteiger partial charge in [0.1, 0.15) is 5.82 Å². The van der Waals surface area contributed by atoms with Crippen LogP contribution in [0.3, 0.4) is 0 Å². The lowest BCUT2D eigenvalue weighted by Gasteiger charge is -2.32. The molecule has 2 saturated carbocycles. The first-order valence-corrected chi connectivity index (χ1v) is 10.6. The first-order valence-electron chi connectivity index (χ1n) is 10.6. The number of hydrogen-bond donors (Lipinski definition) is 0. The Labute approximate surface area is 148 Å². The second-order valence-electron chi connectivity index (χ2n) is 8.29. The van der Waals surface area contributed by atoms with E-state index < -0.39 is 0 Å². The predicted octanol–water partition coefficient (Wildman–Crippen LogP) is 7.73. The first kappa shape index (κ1) is 18.0. The van der Waals surface area contributed by atoms with Crippen molar-refractivity contribution in [3.8, 4) is 0 Å². The van der Waals surface area contributed by atoms with E-state index >= 15 is 0 Å². The second-order valence-corrected chi connectivity index (χ2v) is 8.29. The van der Waals surface area contributed by atoms with E-state index in [1.165, 1.54) is 89.0 Å². The zero-order valence-electron chi connectivity index (χ0n) is 15.5. The third kappa shape index (κ3) is 4.41. The Balaban J connectivity index is 1.66. The molecule has 134 valence electrons. The molecule has 0 nitrogen and oxygen atoms in total. The van der Waals surface area contributed by atoms with E-state index in [1.54, 1.807) is 6.07 Å². The molecule has 2 aliphatic carbocycles. The molecule has 0 N–H and O–H groups in total. The fourth-order valence-electron chi connectivity index (χ4n) is 5.18. The summed E-state index contributed by atoms with van der Waals surface area (Å²) in [5, 5.41) is 0. The lowest BCUT2D eigenvalue weighted by molar-refractivity contribution is 0.300. The first-order chi connectivity index (χ1) is 11.8. The van der Waals surface area contributed by atoms with Crippen LogP contribution in [0.1, 0.15) is 113 Å². The summed E-state index contributed by atoms with van der Waals surface area (Å²) in [7, 11) is 0. The zero-order chi connectivity index (χ0) is 16.8. The molecule has 2 aliphatic rings. The Kier molecular flexibility index (Phi) is 6.75. The van der Waals surface area contributed by atoms with Gasteiger partial charge >= 0.3 is 0 Å². The quantitative estimate of drug-likeness (QED) is 0.468. The van der Waals surface area contributed by atoms with Gasteiger partial charge in [0.05, 0.1) is 0 Å². The van der Waals surface area contributed by atoms with E-state index in [1.807, 2.05) is 6.07 Å². The van der Waals surface area contributed by atoms with Crippen LogP contribution in [-0.4, -0.2) is 0 Å². The molecule has 2 fully saturated rings. The molecule has 0 bridgehead atoms. The highest BCUT2D eigenvalue weighted by Crippen LogP contribution is 2.43. The Morgan fingerprint density at radius 3 is 2.33 bits per heavy atom. The van der Waals surface area contributed by atoms with Crippen LogP contribution >= 0.6 is 0 Å². The molecule has 0 saturated heterocycles. The van der Waals surface area contributed by atoms with Gasteiger partial charge in [0.25, 0.3) is 0 Å². The number of rotatable bonds is 6. The SMILES string of the molecule is CCCCC[C@H]1CC[C@H](c2cccc(F)c2C2CCCCC2)CC1. The summed E-state index contributed by atoms with van der Waals surface area (Å²) in [4.78, 5) is 0. The molecule has 1 aromatic rings. The molecule has 0 radical (unpaired) electrons. The highest BCUT2D eigenvalue weighted by atomic mass is 19.1. The second kappa shape index (κ2) is 9.02. The van der Waals surface area contributed by atoms with Gasteiger partial charge in [-0.15, -0.1) is 0 Å². The molecule has 0 aliphatic heterocycles. The molecule has 0 spiro atoms. The molecule has 0 unspecified atom stereocenters. The monoisotopic (exact) mass is 330 g/mol. The molecule has 1 aromatic carbocycles. The van der Waals surface area contributed by atoms with Crippen LogP contribution in [0.5, 0.6) is 0 Å². The van der Waals surface area contributed by atoms with Crippen molar-refractivity contribution in [2.24, 2.45) is 5.92 Å². The van der Waals surface area contributed by atoms with Gasteiger partial charge in [-0.05, 0) is 73.5 Å². The van der Waals surface area contributed by atoms with Gasteiger partial charge in [-0.25, -0.2) is 4.39 Å². The summed E-state index contributed by atoms with van der Waals surface area (Å²) in [6.07, 6.45) is 17.1. The minimum Gasteiger partial charge on any atom is -0.207 e. The average molecular weight is 331 g/mol. The lowest BCUT2D eigenvalue weighted by Crippen LogP contribution is -2.17. The summed E-state index contributed by atoms with van der Waals surface area (Å²) in [6.45, 7) is 2.29. The van der Waals surface area contributed by atoms with Crippen molar-refractivity contribution < 1.29 is 4.39 Å². The Morgan fingerprint density at radius 2 is 1.62 bits per heavy atom. The molecule has 0 aromatic heterocycles. The van der Waals surface area contributed by atoms with E-state index in [2.05, 4.69) is 13.0 Å². The van der Waals surface area contributed by atoms with Crippen molar-refractivity contribution in [2.75, 3.05) is 0 Å².